The third-order valence-electron chi connectivity index (χ3n) is 3.42. The Morgan fingerprint density at radius 1 is 1.36 bits per heavy atom. The number of rotatable bonds is 6. The van der Waals surface area contributed by atoms with E-state index in [1.807, 2.05) is 18.2 Å². The van der Waals surface area contributed by atoms with Gasteiger partial charge in [-0.05, 0) is 18.6 Å². The first-order valence-electron chi connectivity index (χ1n) is 7.68. The van der Waals surface area contributed by atoms with Gasteiger partial charge in [0.05, 0.1) is 18.7 Å². The summed E-state index contributed by atoms with van der Waals surface area (Å²) in [6.07, 6.45) is -0.0746. The van der Waals surface area contributed by atoms with Crippen LogP contribution in [0.15, 0.2) is 35.1 Å². The van der Waals surface area contributed by atoms with Crippen LogP contribution in [0.25, 0.3) is 5.78 Å². The number of fused-ring (bicyclic) bond motifs is 1. The molecule has 0 saturated heterocycles. The Morgan fingerprint density at radius 3 is 2.92 bits per heavy atom. The Hall–Kier alpha value is -2.87. The van der Waals surface area contributed by atoms with Gasteiger partial charge in [0.1, 0.15) is 0 Å². The standard InChI is InChI=1S/C16H16ClN5O3/c1-2-25-14(24)8-11-7-13(23)22-16(19-11)20-15(21-22)18-9-10-5-3-4-6-12(10)17/h3-7H,2,8-9H2,1H3,(H2,18,19,20,21). The number of benzene rings is 1. The molecule has 9 heteroatoms. The van der Waals surface area contributed by atoms with E-state index in [2.05, 4.69) is 20.4 Å². The van der Waals surface area contributed by atoms with Crippen LogP contribution in [0.1, 0.15) is 18.2 Å². The SMILES string of the molecule is CCOC(=O)Cc1cc(=O)n2[nH]c(NCc3ccccc3Cl)nc2n1. The molecule has 0 atom stereocenters. The average molecular weight is 362 g/mol. The van der Waals surface area contributed by atoms with E-state index in [0.29, 0.717) is 23.2 Å². The van der Waals surface area contributed by atoms with Gasteiger partial charge in [-0.3, -0.25) is 14.7 Å². The Morgan fingerprint density at radius 2 is 2.16 bits per heavy atom. The topological polar surface area (TPSA) is 101 Å². The summed E-state index contributed by atoms with van der Waals surface area (Å²) >= 11 is 6.11. The first-order valence-corrected chi connectivity index (χ1v) is 8.06. The van der Waals surface area contributed by atoms with Crippen molar-refractivity contribution in [3.63, 3.8) is 0 Å². The van der Waals surface area contributed by atoms with Crippen molar-refractivity contribution in [1.82, 2.24) is 19.6 Å². The monoisotopic (exact) mass is 361 g/mol. The lowest BCUT2D eigenvalue weighted by atomic mass is 10.2. The number of carbonyl (C=O) groups excluding carboxylic acids is 1. The minimum atomic E-state index is -0.439. The molecule has 2 heterocycles. The van der Waals surface area contributed by atoms with Crippen LogP contribution in [0.4, 0.5) is 5.95 Å². The van der Waals surface area contributed by atoms with Crippen molar-refractivity contribution in [2.45, 2.75) is 19.9 Å². The van der Waals surface area contributed by atoms with Crippen molar-refractivity contribution in [2.24, 2.45) is 0 Å². The van der Waals surface area contributed by atoms with Crippen molar-refractivity contribution < 1.29 is 9.53 Å². The van der Waals surface area contributed by atoms with Gasteiger partial charge in [0, 0.05) is 17.6 Å². The molecule has 0 fully saturated rings. The first-order chi connectivity index (χ1) is 12.1. The van der Waals surface area contributed by atoms with Gasteiger partial charge in [-0.25, -0.2) is 4.98 Å². The molecular formula is C16H16ClN5O3. The van der Waals surface area contributed by atoms with Crippen molar-refractivity contribution in [3.05, 3.63) is 57.0 Å². The minimum Gasteiger partial charge on any atom is -0.466 e. The van der Waals surface area contributed by atoms with Gasteiger partial charge < -0.3 is 10.1 Å². The van der Waals surface area contributed by atoms with E-state index in [-0.39, 0.29) is 24.4 Å². The van der Waals surface area contributed by atoms with Gasteiger partial charge in [0.2, 0.25) is 5.95 Å². The normalized spacial score (nSPS) is 10.8. The van der Waals surface area contributed by atoms with Crippen LogP contribution in [0, 0.1) is 0 Å². The lowest BCUT2D eigenvalue weighted by Gasteiger charge is -2.04. The van der Waals surface area contributed by atoms with Gasteiger partial charge in [0.25, 0.3) is 11.3 Å². The molecule has 2 N–H and O–H groups in total. The predicted molar refractivity (Wildman–Crippen MR) is 92.7 cm³/mol. The van der Waals surface area contributed by atoms with Gasteiger partial charge in [-0.2, -0.15) is 9.50 Å². The Labute approximate surface area is 147 Å². The highest BCUT2D eigenvalue weighted by molar-refractivity contribution is 6.31. The number of carbonyl (C=O) groups is 1. The predicted octanol–water partition coefficient (Wildman–Crippen LogP) is 1.79. The molecule has 0 bridgehead atoms. The summed E-state index contributed by atoms with van der Waals surface area (Å²) in [5.41, 5.74) is 0.850. The third kappa shape index (κ3) is 3.97. The summed E-state index contributed by atoms with van der Waals surface area (Å²) in [6.45, 7) is 2.43. The highest BCUT2D eigenvalue weighted by Gasteiger charge is 2.11. The number of halogens is 1. The van der Waals surface area contributed by atoms with Crippen molar-refractivity contribution in [2.75, 3.05) is 11.9 Å². The van der Waals surface area contributed by atoms with E-state index in [0.717, 1.165) is 5.56 Å². The van der Waals surface area contributed by atoms with E-state index >= 15 is 0 Å². The fourth-order valence-electron chi connectivity index (χ4n) is 2.28. The highest BCUT2D eigenvalue weighted by Crippen LogP contribution is 2.15. The number of hydrogen-bond donors (Lipinski definition) is 2. The molecule has 3 aromatic rings. The number of nitrogens with zero attached hydrogens (tertiary/aromatic N) is 3. The summed E-state index contributed by atoms with van der Waals surface area (Å²) in [7, 11) is 0. The lowest BCUT2D eigenvalue weighted by molar-refractivity contribution is -0.142. The van der Waals surface area contributed by atoms with E-state index in [1.165, 1.54) is 10.6 Å². The zero-order chi connectivity index (χ0) is 17.8. The largest absolute Gasteiger partial charge is 0.466 e. The molecule has 0 aliphatic heterocycles. The molecule has 1 aromatic carbocycles. The number of nitrogens with one attached hydrogen (secondary N) is 2. The molecule has 0 spiro atoms. The number of ether oxygens (including phenoxy) is 1. The third-order valence-corrected chi connectivity index (χ3v) is 3.79. The van der Waals surface area contributed by atoms with Gasteiger partial charge in [-0.15, -0.1) is 0 Å². The van der Waals surface area contributed by atoms with E-state index < -0.39 is 5.97 Å². The molecular weight excluding hydrogens is 346 g/mol. The Bertz CT molecular complexity index is 966. The average Bonchev–Trinajstić information content (AvgIpc) is 2.98. The van der Waals surface area contributed by atoms with E-state index in [9.17, 15) is 9.59 Å². The molecule has 0 unspecified atom stereocenters. The van der Waals surface area contributed by atoms with E-state index in [4.69, 9.17) is 16.3 Å². The van der Waals surface area contributed by atoms with Gasteiger partial charge in [0.15, 0.2) is 0 Å². The van der Waals surface area contributed by atoms with Gasteiger partial charge in [-0.1, -0.05) is 29.8 Å². The van der Waals surface area contributed by atoms with Crippen LogP contribution in [-0.2, 0) is 22.5 Å². The summed E-state index contributed by atoms with van der Waals surface area (Å²) in [5.74, 6) is 0.109. The van der Waals surface area contributed by atoms with Crippen molar-refractivity contribution >= 4 is 29.3 Å². The Balaban J connectivity index is 1.80. The van der Waals surface area contributed by atoms with Gasteiger partial charge >= 0.3 is 5.97 Å². The summed E-state index contributed by atoms with van der Waals surface area (Å²) in [4.78, 5) is 32.1. The fraction of sp³-hybridized carbons (Fsp3) is 0.250. The van der Waals surface area contributed by atoms with Crippen LogP contribution >= 0.6 is 11.6 Å². The highest BCUT2D eigenvalue weighted by atomic mass is 35.5. The zero-order valence-electron chi connectivity index (χ0n) is 13.5. The zero-order valence-corrected chi connectivity index (χ0v) is 14.2. The number of H-pyrrole nitrogens is 1. The summed E-state index contributed by atoms with van der Waals surface area (Å²) in [5, 5.41) is 6.51. The summed E-state index contributed by atoms with van der Waals surface area (Å²) in [6, 6.07) is 8.70. The molecule has 8 nitrogen and oxygen atoms in total. The lowest BCUT2D eigenvalue weighted by Crippen LogP contribution is -2.18. The quantitative estimate of drug-likeness (QED) is 0.649. The first kappa shape index (κ1) is 17.0. The van der Waals surface area contributed by atoms with E-state index in [1.54, 1.807) is 13.0 Å². The van der Waals surface area contributed by atoms with Crippen LogP contribution < -0.4 is 10.9 Å². The number of esters is 1. The van der Waals surface area contributed by atoms with Crippen LogP contribution in [0.5, 0.6) is 0 Å². The second-order valence-electron chi connectivity index (χ2n) is 5.22. The van der Waals surface area contributed by atoms with Crippen molar-refractivity contribution in [3.8, 4) is 0 Å². The summed E-state index contributed by atoms with van der Waals surface area (Å²) < 4.78 is 6.06. The van der Waals surface area contributed by atoms with Crippen LogP contribution in [0.3, 0.4) is 0 Å². The molecule has 130 valence electrons. The molecule has 3 rings (SSSR count). The maximum Gasteiger partial charge on any atom is 0.311 e. The number of aromatic amines is 1. The smallest absolute Gasteiger partial charge is 0.311 e. The van der Waals surface area contributed by atoms with Crippen molar-refractivity contribution in [1.29, 1.82) is 0 Å². The molecule has 0 aliphatic rings. The molecule has 0 amide bonds. The maximum atomic E-state index is 12.1. The minimum absolute atomic E-state index is 0.0746. The Kier molecular flexibility index (Phi) is 4.99. The number of aromatic nitrogens is 4. The number of hydrogen-bond acceptors (Lipinski definition) is 6. The molecule has 0 saturated carbocycles. The second kappa shape index (κ2) is 7.35. The molecule has 2 aromatic heterocycles. The molecule has 25 heavy (non-hydrogen) atoms. The molecule has 0 aliphatic carbocycles. The van der Waals surface area contributed by atoms with Crippen LogP contribution in [0.2, 0.25) is 5.02 Å². The fourth-order valence-corrected chi connectivity index (χ4v) is 2.48. The molecule has 0 radical (unpaired) electrons. The maximum absolute atomic E-state index is 12.1. The van der Waals surface area contributed by atoms with Crippen LogP contribution in [-0.4, -0.2) is 32.2 Å². The second-order valence-corrected chi connectivity index (χ2v) is 5.63. The number of anilines is 1.